The molecule has 5 nitrogen and oxygen atoms in total. The van der Waals surface area contributed by atoms with E-state index in [2.05, 4.69) is 215 Å². The number of hydrogen-bond acceptors (Lipinski definition) is 3. The number of aromatic nitrogens is 5. The molecule has 0 radical (unpaired) electrons. The Labute approximate surface area is 346 Å². The Morgan fingerprint density at radius 3 is 1.32 bits per heavy atom. The largest absolute Gasteiger partial charge is 0.309 e. The maximum Gasteiger partial charge on any atom is 0.164 e. The van der Waals surface area contributed by atoms with Crippen molar-refractivity contribution in [3.05, 3.63) is 212 Å². The van der Waals surface area contributed by atoms with Gasteiger partial charge in [0.25, 0.3) is 0 Å². The molecule has 280 valence electrons. The van der Waals surface area contributed by atoms with Gasteiger partial charge in [-0.15, -0.1) is 0 Å². The van der Waals surface area contributed by atoms with E-state index in [1.54, 1.807) is 0 Å². The second-order valence-electron chi connectivity index (χ2n) is 15.3. The number of fused-ring (bicyclic) bond motifs is 7. The first kappa shape index (κ1) is 33.9. The Morgan fingerprint density at radius 2 is 0.667 bits per heavy atom. The highest BCUT2D eigenvalue weighted by atomic mass is 15.0. The van der Waals surface area contributed by atoms with Crippen molar-refractivity contribution in [2.75, 3.05) is 0 Å². The normalized spacial score (nSPS) is 11.7. The van der Waals surface area contributed by atoms with Crippen LogP contribution in [-0.2, 0) is 0 Å². The summed E-state index contributed by atoms with van der Waals surface area (Å²) in [6.45, 7) is 0. The minimum Gasteiger partial charge on any atom is -0.309 e. The molecule has 0 N–H and O–H groups in total. The van der Waals surface area contributed by atoms with Gasteiger partial charge in [-0.3, -0.25) is 0 Å². The minimum absolute atomic E-state index is 0.616. The van der Waals surface area contributed by atoms with Crippen LogP contribution in [-0.4, -0.2) is 24.1 Å². The fourth-order valence-corrected chi connectivity index (χ4v) is 8.86. The molecule has 0 saturated carbocycles. The maximum atomic E-state index is 5.22. The highest BCUT2D eigenvalue weighted by Gasteiger charge is 2.18. The van der Waals surface area contributed by atoms with E-state index in [1.165, 1.54) is 48.9 Å². The summed E-state index contributed by atoms with van der Waals surface area (Å²) in [4.78, 5) is 15.6. The molecule has 9 aromatic carbocycles. The fraction of sp³-hybridized carbons (Fsp3) is 0. The number of benzene rings is 9. The van der Waals surface area contributed by atoms with Crippen molar-refractivity contribution in [3.63, 3.8) is 0 Å². The first-order valence-electron chi connectivity index (χ1n) is 20.3. The predicted molar refractivity (Wildman–Crippen MR) is 248 cm³/mol. The summed E-state index contributed by atoms with van der Waals surface area (Å²) in [6.07, 6.45) is 0. The molecule has 12 aromatic rings. The standard InChI is InChI=1S/C55H35N5/c1-3-13-36(14-4-1)37-23-25-38(26-24-37)53-56-54(58-55(57-53)42-29-32-47-45-19-9-11-21-49(45)59(51(47)35-42)43-17-5-2-6-18-43)39-27-30-44(31-28-39)60-50-22-12-10-20-46(50)48-33-40-15-7-8-16-41(40)34-52(48)60/h1-35H. The molecule has 3 heterocycles. The van der Waals surface area contributed by atoms with E-state index in [1.807, 2.05) is 6.07 Å². The summed E-state index contributed by atoms with van der Waals surface area (Å²) in [7, 11) is 0. The summed E-state index contributed by atoms with van der Waals surface area (Å²) < 4.78 is 4.69. The molecule has 12 rings (SSSR count). The highest BCUT2D eigenvalue weighted by molar-refractivity contribution is 6.14. The quantitative estimate of drug-likeness (QED) is 0.169. The molecule has 0 fully saturated rings. The van der Waals surface area contributed by atoms with E-state index < -0.39 is 0 Å². The summed E-state index contributed by atoms with van der Waals surface area (Å²) in [5, 5.41) is 7.31. The number of hydrogen-bond donors (Lipinski definition) is 0. The third kappa shape index (κ3) is 5.59. The Balaban J connectivity index is 1.02. The van der Waals surface area contributed by atoms with Crippen molar-refractivity contribution < 1.29 is 0 Å². The topological polar surface area (TPSA) is 48.5 Å². The van der Waals surface area contributed by atoms with Crippen molar-refractivity contribution in [2.45, 2.75) is 0 Å². The lowest BCUT2D eigenvalue weighted by Crippen LogP contribution is -2.01. The van der Waals surface area contributed by atoms with Gasteiger partial charge < -0.3 is 9.13 Å². The molecule has 0 saturated heterocycles. The van der Waals surface area contributed by atoms with Crippen LogP contribution in [0.3, 0.4) is 0 Å². The van der Waals surface area contributed by atoms with Crippen LogP contribution in [0, 0.1) is 0 Å². The van der Waals surface area contributed by atoms with Crippen LogP contribution in [0.2, 0.25) is 0 Å². The van der Waals surface area contributed by atoms with E-state index in [-0.39, 0.29) is 0 Å². The van der Waals surface area contributed by atoms with Gasteiger partial charge in [-0.25, -0.2) is 15.0 Å². The molecule has 0 aliphatic carbocycles. The summed E-state index contributed by atoms with van der Waals surface area (Å²) >= 11 is 0. The van der Waals surface area contributed by atoms with Crippen molar-refractivity contribution in [2.24, 2.45) is 0 Å². The maximum absolute atomic E-state index is 5.22. The van der Waals surface area contributed by atoms with Crippen LogP contribution < -0.4 is 0 Å². The first-order chi connectivity index (χ1) is 29.7. The van der Waals surface area contributed by atoms with E-state index in [0.29, 0.717) is 17.5 Å². The van der Waals surface area contributed by atoms with Gasteiger partial charge >= 0.3 is 0 Å². The van der Waals surface area contributed by atoms with Gasteiger partial charge in [-0.05, 0) is 88.6 Å². The molecule has 3 aromatic heterocycles. The molecular weight excluding hydrogens is 731 g/mol. The van der Waals surface area contributed by atoms with Gasteiger partial charge in [-0.2, -0.15) is 0 Å². The minimum atomic E-state index is 0.616. The second-order valence-corrected chi connectivity index (χ2v) is 15.3. The van der Waals surface area contributed by atoms with Crippen molar-refractivity contribution in [1.29, 1.82) is 0 Å². The fourth-order valence-electron chi connectivity index (χ4n) is 8.86. The first-order valence-corrected chi connectivity index (χ1v) is 20.3. The SMILES string of the molecule is c1ccc(-c2ccc(-c3nc(-c4ccc(-n5c6ccccc6c6cc7ccccc7cc65)cc4)nc(-c4ccc5c6ccccc6n(-c6ccccc6)c5c4)n3)cc2)cc1. The van der Waals surface area contributed by atoms with Crippen molar-refractivity contribution in [1.82, 2.24) is 24.1 Å². The third-order valence-corrected chi connectivity index (χ3v) is 11.8. The van der Waals surface area contributed by atoms with Crippen LogP contribution in [0.5, 0.6) is 0 Å². The third-order valence-electron chi connectivity index (χ3n) is 11.8. The average Bonchev–Trinajstić information content (AvgIpc) is 3.83. The molecule has 0 atom stereocenters. The highest BCUT2D eigenvalue weighted by Crippen LogP contribution is 2.37. The average molecular weight is 766 g/mol. The summed E-state index contributed by atoms with van der Waals surface area (Å²) in [5.74, 6) is 1.86. The van der Waals surface area contributed by atoms with Crippen LogP contribution in [0.25, 0.3) is 111 Å². The Hall–Kier alpha value is -8.15. The van der Waals surface area contributed by atoms with Crippen LogP contribution in [0.15, 0.2) is 212 Å². The van der Waals surface area contributed by atoms with Crippen molar-refractivity contribution in [3.8, 4) is 56.7 Å². The van der Waals surface area contributed by atoms with Gasteiger partial charge in [0.15, 0.2) is 17.5 Å². The number of nitrogens with zero attached hydrogens (tertiary/aromatic N) is 5. The van der Waals surface area contributed by atoms with Crippen LogP contribution in [0.1, 0.15) is 0 Å². The van der Waals surface area contributed by atoms with Crippen LogP contribution >= 0.6 is 0 Å². The Bertz CT molecular complexity index is 3570. The zero-order valence-electron chi connectivity index (χ0n) is 32.4. The van der Waals surface area contributed by atoms with E-state index in [0.717, 1.165) is 44.7 Å². The zero-order valence-corrected chi connectivity index (χ0v) is 32.4. The van der Waals surface area contributed by atoms with Gasteiger partial charge in [0, 0.05) is 49.6 Å². The molecule has 0 aliphatic heterocycles. The molecule has 0 aliphatic rings. The van der Waals surface area contributed by atoms with Crippen LogP contribution in [0.4, 0.5) is 0 Å². The molecule has 0 spiro atoms. The lowest BCUT2D eigenvalue weighted by atomic mass is 10.0. The van der Waals surface area contributed by atoms with E-state index in [4.69, 9.17) is 15.0 Å². The van der Waals surface area contributed by atoms with E-state index in [9.17, 15) is 0 Å². The zero-order chi connectivity index (χ0) is 39.6. The smallest absolute Gasteiger partial charge is 0.164 e. The monoisotopic (exact) mass is 765 g/mol. The van der Waals surface area contributed by atoms with Gasteiger partial charge in [0.1, 0.15) is 0 Å². The molecule has 0 amide bonds. The molecule has 0 unspecified atom stereocenters. The summed E-state index contributed by atoms with van der Waals surface area (Å²) in [5.41, 5.74) is 11.8. The molecule has 60 heavy (non-hydrogen) atoms. The lowest BCUT2D eigenvalue weighted by Gasteiger charge is -2.12. The lowest BCUT2D eigenvalue weighted by molar-refractivity contribution is 1.07. The molecular formula is C55H35N5. The molecule has 0 bridgehead atoms. The Morgan fingerprint density at radius 1 is 0.250 bits per heavy atom. The van der Waals surface area contributed by atoms with E-state index >= 15 is 0 Å². The predicted octanol–water partition coefficient (Wildman–Crippen LogP) is 13.9. The van der Waals surface area contributed by atoms with Gasteiger partial charge in [0.05, 0.1) is 22.1 Å². The number of rotatable bonds is 6. The Kier molecular flexibility index (Phi) is 7.78. The second kappa shape index (κ2) is 13.8. The number of para-hydroxylation sites is 3. The summed E-state index contributed by atoms with van der Waals surface area (Å²) in [6, 6.07) is 75.1. The van der Waals surface area contributed by atoms with Gasteiger partial charge in [-0.1, -0.05) is 146 Å². The molecule has 5 heteroatoms. The van der Waals surface area contributed by atoms with Crippen molar-refractivity contribution >= 4 is 54.4 Å². The van der Waals surface area contributed by atoms with Gasteiger partial charge in [0.2, 0.25) is 0 Å².